The van der Waals surface area contributed by atoms with Crippen LogP contribution in [0, 0.1) is 0 Å². The molecule has 73 heavy (non-hydrogen) atoms. The van der Waals surface area contributed by atoms with Crippen molar-refractivity contribution in [1.82, 2.24) is 5.32 Å². The van der Waals surface area contributed by atoms with Crippen LogP contribution >= 0.6 is 0 Å². The number of hydrogen-bond acceptors (Lipinski definition) is 18. The summed E-state index contributed by atoms with van der Waals surface area (Å²) in [5, 5.41) is 120. The van der Waals surface area contributed by atoms with Crippen LogP contribution in [0.1, 0.15) is 194 Å². The number of ether oxygens (including phenoxy) is 6. The largest absolute Gasteiger partial charge is 0.394 e. The molecule has 3 saturated heterocycles. The lowest BCUT2D eigenvalue weighted by atomic mass is 9.96. The molecule has 0 spiro atoms. The summed E-state index contributed by atoms with van der Waals surface area (Å²) in [7, 11) is 0. The first-order valence-corrected chi connectivity index (χ1v) is 28.4. The van der Waals surface area contributed by atoms with Gasteiger partial charge < -0.3 is 89.9 Å². The maximum atomic E-state index is 13.3. The molecule has 0 aromatic heterocycles. The third-order valence-electron chi connectivity index (χ3n) is 14.6. The molecule has 3 rings (SSSR count). The van der Waals surface area contributed by atoms with Gasteiger partial charge in [-0.05, 0) is 38.5 Å². The second kappa shape index (κ2) is 39.0. The van der Waals surface area contributed by atoms with Crippen molar-refractivity contribution in [3.63, 3.8) is 0 Å². The molecule has 0 radical (unpaired) electrons. The lowest BCUT2D eigenvalue weighted by Gasteiger charge is -2.48. The summed E-state index contributed by atoms with van der Waals surface area (Å²) in [6.07, 6.45) is 8.76. The molecule has 17 unspecified atom stereocenters. The van der Waals surface area contributed by atoms with Gasteiger partial charge in [-0.1, -0.05) is 161 Å². The predicted molar refractivity (Wildman–Crippen MR) is 273 cm³/mol. The predicted octanol–water partition coefficient (Wildman–Crippen LogP) is 3.82. The van der Waals surface area contributed by atoms with Crippen LogP contribution < -0.4 is 5.32 Å². The summed E-state index contributed by atoms with van der Waals surface area (Å²) in [6.45, 7) is 1.74. The second-order valence-electron chi connectivity index (χ2n) is 20.8. The molecule has 12 N–H and O–H groups in total. The van der Waals surface area contributed by atoms with Gasteiger partial charge in [0, 0.05) is 6.42 Å². The van der Waals surface area contributed by atoms with E-state index in [9.17, 15) is 61.0 Å². The zero-order valence-electron chi connectivity index (χ0n) is 44.4. The van der Waals surface area contributed by atoms with E-state index in [0.717, 1.165) is 64.2 Å². The lowest BCUT2D eigenvalue weighted by Crippen LogP contribution is -2.66. The van der Waals surface area contributed by atoms with Crippen molar-refractivity contribution in [2.24, 2.45) is 0 Å². The molecule has 3 aliphatic heterocycles. The Hall–Kier alpha value is -1.47. The fourth-order valence-electron chi connectivity index (χ4n) is 9.84. The van der Waals surface area contributed by atoms with Crippen LogP contribution in [0.2, 0.25) is 0 Å². The highest BCUT2D eigenvalue weighted by molar-refractivity contribution is 5.76. The van der Waals surface area contributed by atoms with E-state index in [1.54, 1.807) is 0 Å². The van der Waals surface area contributed by atoms with Crippen molar-refractivity contribution in [2.75, 3.05) is 26.4 Å². The van der Waals surface area contributed by atoms with E-state index in [-0.39, 0.29) is 18.9 Å². The van der Waals surface area contributed by atoms with Gasteiger partial charge in [-0.3, -0.25) is 4.79 Å². The molecule has 430 valence electrons. The van der Waals surface area contributed by atoms with Crippen LogP contribution in [0.5, 0.6) is 0 Å². The minimum atomic E-state index is -1.97. The fourth-order valence-corrected chi connectivity index (χ4v) is 9.84. The Kier molecular flexibility index (Phi) is 35.1. The molecule has 0 saturated carbocycles. The Balaban J connectivity index is 1.52. The third kappa shape index (κ3) is 24.0. The number of unbranched alkanes of at least 4 members (excludes halogenated alkanes) is 23. The van der Waals surface area contributed by atoms with E-state index in [2.05, 4.69) is 31.3 Å². The first-order valence-electron chi connectivity index (χ1n) is 28.4. The number of hydrogen-bond donors (Lipinski definition) is 12. The summed E-state index contributed by atoms with van der Waals surface area (Å²) in [5.74, 6) is -0.253. The third-order valence-corrected chi connectivity index (χ3v) is 14.6. The first kappa shape index (κ1) is 65.8. The van der Waals surface area contributed by atoms with Gasteiger partial charge in [-0.25, -0.2) is 0 Å². The maximum Gasteiger partial charge on any atom is 0.220 e. The Bertz CT molecular complexity index is 1400. The van der Waals surface area contributed by atoms with E-state index >= 15 is 0 Å². The van der Waals surface area contributed by atoms with Crippen LogP contribution in [-0.2, 0) is 33.2 Å². The summed E-state index contributed by atoms with van der Waals surface area (Å²) in [6, 6.07) is -0.886. The second-order valence-corrected chi connectivity index (χ2v) is 20.8. The van der Waals surface area contributed by atoms with E-state index in [4.69, 9.17) is 28.4 Å². The lowest BCUT2D eigenvalue weighted by molar-refractivity contribution is -0.379. The average Bonchev–Trinajstić information content (AvgIpc) is 3.39. The molecule has 17 atom stereocenters. The minimum absolute atomic E-state index is 0.253. The van der Waals surface area contributed by atoms with Gasteiger partial charge in [0.1, 0.15) is 73.2 Å². The Morgan fingerprint density at radius 2 is 0.863 bits per heavy atom. The Morgan fingerprint density at radius 1 is 0.479 bits per heavy atom. The highest BCUT2D eigenvalue weighted by Gasteiger charge is 2.53. The van der Waals surface area contributed by atoms with Gasteiger partial charge in [0.15, 0.2) is 18.9 Å². The summed E-state index contributed by atoms with van der Waals surface area (Å²) in [4.78, 5) is 13.3. The summed E-state index contributed by atoms with van der Waals surface area (Å²) < 4.78 is 34.2. The highest BCUT2D eigenvalue weighted by Crippen LogP contribution is 2.33. The highest BCUT2D eigenvalue weighted by atomic mass is 16.8. The smallest absolute Gasteiger partial charge is 0.220 e. The minimum Gasteiger partial charge on any atom is -0.394 e. The number of carbonyl (C=O) groups excluding carboxylic acids is 1. The van der Waals surface area contributed by atoms with Crippen molar-refractivity contribution >= 4 is 5.91 Å². The van der Waals surface area contributed by atoms with Gasteiger partial charge in [0.25, 0.3) is 0 Å². The SMILES string of the molecule is CCCCC/C=C\CCCCCCCC(=O)NC(COC1OC(CO)C(OC2OC(CO)C(OC3OC(CO)C(O)C(O)C3O)C(O)C2O)C(O)C1O)C(O)CCCCCCCCCCCCCCCCCC. The van der Waals surface area contributed by atoms with Gasteiger partial charge in [0.2, 0.25) is 5.91 Å². The quantitative estimate of drug-likeness (QED) is 0.0306. The molecule has 1 amide bonds. The van der Waals surface area contributed by atoms with Gasteiger partial charge in [0.05, 0.1) is 38.6 Å². The number of aliphatic hydroxyl groups excluding tert-OH is 11. The van der Waals surface area contributed by atoms with Crippen LogP contribution in [0.3, 0.4) is 0 Å². The van der Waals surface area contributed by atoms with Gasteiger partial charge >= 0.3 is 0 Å². The molecule has 0 aromatic rings. The maximum absolute atomic E-state index is 13.3. The van der Waals surface area contributed by atoms with Gasteiger partial charge in [-0.15, -0.1) is 0 Å². The molecule has 19 heteroatoms. The number of carbonyl (C=O) groups is 1. The van der Waals surface area contributed by atoms with E-state index in [1.165, 1.54) is 96.3 Å². The molecular weight excluding hydrogens is 951 g/mol. The molecule has 3 heterocycles. The van der Waals surface area contributed by atoms with Crippen LogP contribution in [-0.4, -0.2) is 193 Å². The number of nitrogens with one attached hydrogen (secondary N) is 1. The normalized spacial score (nSPS) is 31.8. The monoisotopic (exact) mass is 1050 g/mol. The molecule has 0 aromatic carbocycles. The van der Waals surface area contributed by atoms with Crippen molar-refractivity contribution in [2.45, 2.75) is 298 Å². The standard InChI is InChI=1S/C54H101NO18/c1-3-5-7-9-11-13-15-17-18-19-20-21-23-25-27-29-31-38(59)37(55-42(60)32-30-28-26-24-22-16-14-12-10-8-6-4-2)36-68-52-48(66)45(63)50(40(34-57)70-52)73-54-49(67)46(64)51(41(35-58)71-54)72-53-47(65)44(62)43(61)39(33-56)69-53/h12,14,37-41,43-54,56-59,61-67H,3-11,13,15-36H2,1-2H3,(H,55,60)/b14-12-. The molecule has 3 fully saturated rings. The summed E-state index contributed by atoms with van der Waals surface area (Å²) in [5.41, 5.74) is 0. The van der Waals surface area contributed by atoms with Crippen molar-refractivity contribution in [3.05, 3.63) is 12.2 Å². The first-order chi connectivity index (χ1) is 35.3. The van der Waals surface area contributed by atoms with Crippen molar-refractivity contribution in [1.29, 1.82) is 0 Å². The molecule has 19 nitrogen and oxygen atoms in total. The molecule has 0 bridgehead atoms. The number of rotatable bonds is 41. The Morgan fingerprint density at radius 3 is 1.36 bits per heavy atom. The zero-order valence-corrected chi connectivity index (χ0v) is 44.4. The zero-order chi connectivity index (χ0) is 53.4. The van der Waals surface area contributed by atoms with E-state index in [0.29, 0.717) is 12.8 Å². The molecule has 3 aliphatic rings. The topological polar surface area (TPSA) is 307 Å². The number of amides is 1. The van der Waals surface area contributed by atoms with E-state index in [1.807, 2.05) is 0 Å². The van der Waals surface area contributed by atoms with Crippen LogP contribution in [0.25, 0.3) is 0 Å². The van der Waals surface area contributed by atoms with Crippen molar-refractivity contribution < 1.29 is 89.4 Å². The van der Waals surface area contributed by atoms with Crippen molar-refractivity contribution in [3.8, 4) is 0 Å². The Labute approximate surface area is 436 Å². The molecular formula is C54H101NO18. The van der Waals surface area contributed by atoms with Crippen LogP contribution in [0.15, 0.2) is 12.2 Å². The fraction of sp³-hybridized carbons (Fsp3) is 0.944. The van der Waals surface area contributed by atoms with Crippen LogP contribution in [0.4, 0.5) is 0 Å². The number of allylic oxidation sites excluding steroid dienone is 2. The number of aliphatic hydroxyl groups is 11. The average molecular weight is 1050 g/mol. The summed E-state index contributed by atoms with van der Waals surface area (Å²) >= 11 is 0. The molecule has 0 aliphatic carbocycles. The van der Waals surface area contributed by atoms with Gasteiger partial charge in [-0.2, -0.15) is 0 Å². The van der Waals surface area contributed by atoms with E-state index < -0.39 is 124 Å².